The van der Waals surface area contributed by atoms with Gasteiger partial charge >= 0.3 is 0 Å². The van der Waals surface area contributed by atoms with Crippen LogP contribution in [0.2, 0.25) is 5.02 Å². The van der Waals surface area contributed by atoms with Gasteiger partial charge in [0.1, 0.15) is 5.82 Å². The fourth-order valence-electron chi connectivity index (χ4n) is 2.50. The van der Waals surface area contributed by atoms with E-state index in [1.54, 1.807) is 12.1 Å². The zero-order valence-corrected chi connectivity index (χ0v) is 11.3. The molecule has 100 valence electrons. The summed E-state index contributed by atoms with van der Waals surface area (Å²) in [4.78, 5) is 0. The molecule has 1 heterocycles. The zero-order valence-electron chi connectivity index (χ0n) is 10.6. The summed E-state index contributed by atoms with van der Waals surface area (Å²) in [5, 5.41) is 0.539. The molecule has 1 saturated heterocycles. The zero-order chi connectivity index (χ0) is 13.3. The van der Waals surface area contributed by atoms with E-state index < -0.39 is 0 Å². The van der Waals surface area contributed by atoms with Crippen LogP contribution in [0.4, 0.5) is 4.39 Å². The van der Waals surface area contributed by atoms with E-state index in [1.165, 1.54) is 6.07 Å². The van der Waals surface area contributed by atoms with Gasteiger partial charge in [-0.05, 0) is 30.5 Å². The first kappa shape index (κ1) is 13.7. The van der Waals surface area contributed by atoms with Gasteiger partial charge < -0.3 is 5.73 Å². The van der Waals surface area contributed by atoms with Crippen molar-refractivity contribution in [3.05, 3.63) is 34.6 Å². The highest BCUT2D eigenvalue weighted by atomic mass is 35.5. The van der Waals surface area contributed by atoms with Gasteiger partial charge in [-0.2, -0.15) is 0 Å². The van der Waals surface area contributed by atoms with E-state index in [2.05, 4.69) is 24.7 Å². The molecule has 0 spiro atoms. The molecule has 5 heteroatoms. The van der Waals surface area contributed by atoms with E-state index >= 15 is 0 Å². The minimum atomic E-state index is -0.249. The quantitative estimate of drug-likeness (QED) is 0.792. The maximum absolute atomic E-state index is 13.9. The van der Waals surface area contributed by atoms with Gasteiger partial charge in [0.15, 0.2) is 0 Å². The third-order valence-corrected chi connectivity index (χ3v) is 3.57. The Labute approximate surface area is 112 Å². The van der Waals surface area contributed by atoms with E-state index in [0.717, 1.165) is 6.42 Å². The van der Waals surface area contributed by atoms with Crippen LogP contribution in [0.3, 0.4) is 0 Å². The second kappa shape index (κ2) is 5.53. The molecule has 0 saturated carbocycles. The van der Waals surface area contributed by atoms with Gasteiger partial charge in [0.05, 0.1) is 12.2 Å². The number of rotatable bonds is 3. The molecule has 18 heavy (non-hydrogen) atoms. The van der Waals surface area contributed by atoms with Crippen LogP contribution >= 0.6 is 11.6 Å². The third-order valence-electron chi connectivity index (χ3n) is 3.33. The van der Waals surface area contributed by atoms with Gasteiger partial charge in [0, 0.05) is 16.5 Å². The minimum absolute atomic E-state index is 0.138. The lowest BCUT2D eigenvalue weighted by Gasteiger charge is -2.23. The number of hydrogen-bond acceptors (Lipinski definition) is 3. The molecule has 0 amide bonds. The Morgan fingerprint density at radius 3 is 2.78 bits per heavy atom. The fraction of sp³-hybridized carbons (Fsp3) is 0.538. The highest BCUT2D eigenvalue weighted by molar-refractivity contribution is 6.30. The van der Waals surface area contributed by atoms with E-state index in [1.807, 2.05) is 0 Å². The maximum atomic E-state index is 13.9. The van der Waals surface area contributed by atoms with Crippen LogP contribution in [0, 0.1) is 17.7 Å². The molecule has 4 N–H and O–H groups in total. The van der Waals surface area contributed by atoms with E-state index in [-0.39, 0.29) is 23.9 Å². The van der Waals surface area contributed by atoms with Crippen molar-refractivity contribution in [2.75, 3.05) is 0 Å². The van der Waals surface area contributed by atoms with E-state index in [4.69, 9.17) is 17.3 Å². The topological polar surface area (TPSA) is 50.1 Å². The van der Waals surface area contributed by atoms with Gasteiger partial charge in [-0.15, -0.1) is 0 Å². The standard InChI is InChI=1S/C13H19ClFN3/c1-7(2)5-10-12(17-18-13(10)16)9-6-8(14)3-4-11(9)15/h3-4,6-7,10,12-13,17-18H,5,16H2,1-2H3. The molecule has 0 radical (unpaired) electrons. The summed E-state index contributed by atoms with van der Waals surface area (Å²) in [6, 6.07) is 4.48. The maximum Gasteiger partial charge on any atom is 0.128 e. The molecule has 2 rings (SSSR count). The van der Waals surface area contributed by atoms with Crippen LogP contribution in [-0.2, 0) is 0 Å². The smallest absolute Gasteiger partial charge is 0.128 e. The SMILES string of the molecule is CC(C)CC1C(N)NNC1c1cc(Cl)ccc1F. The Kier molecular flexibility index (Phi) is 4.22. The van der Waals surface area contributed by atoms with Crippen LogP contribution in [0.25, 0.3) is 0 Å². The first-order valence-corrected chi connectivity index (χ1v) is 6.58. The summed E-state index contributed by atoms with van der Waals surface area (Å²) in [5.74, 6) is 0.409. The second-order valence-corrected chi connectivity index (χ2v) is 5.69. The number of hydrogen-bond donors (Lipinski definition) is 3. The molecule has 1 fully saturated rings. The molecule has 1 aromatic carbocycles. The molecule has 1 aliphatic rings. The van der Waals surface area contributed by atoms with Crippen LogP contribution in [0.1, 0.15) is 31.9 Å². The highest BCUT2D eigenvalue weighted by Gasteiger charge is 2.36. The number of nitrogens with one attached hydrogen (secondary N) is 2. The first-order valence-electron chi connectivity index (χ1n) is 6.20. The highest BCUT2D eigenvalue weighted by Crippen LogP contribution is 2.34. The first-order chi connectivity index (χ1) is 8.49. The largest absolute Gasteiger partial charge is 0.315 e. The monoisotopic (exact) mass is 271 g/mol. The van der Waals surface area contributed by atoms with Crippen molar-refractivity contribution >= 4 is 11.6 Å². The van der Waals surface area contributed by atoms with Crippen molar-refractivity contribution in [1.29, 1.82) is 0 Å². The van der Waals surface area contributed by atoms with Crippen molar-refractivity contribution in [2.45, 2.75) is 32.5 Å². The Morgan fingerprint density at radius 2 is 2.11 bits per heavy atom. The van der Waals surface area contributed by atoms with Gasteiger partial charge in [0.2, 0.25) is 0 Å². The lowest BCUT2D eigenvalue weighted by Crippen LogP contribution is -2.39. The molecule has 1 aromatic rings. The number of nitrogens with two attached hydrogens (primary N) is 1. The summed E-state index contributed by atoms with van der Waals surface area (Å²) in [5.41, 5.74) is 12.7. The predicted octanol–water partition coefficient (Wildman–Crippen LogP) is 2.58. The molecular formula is C13H19ClFN3. The number of halogens is 2. The van der Waals surface area contributed by atoms with Crippen molar-refractivity contribution in [1.82, 2.24) is 10.9 Å². The molecule has 0 aliphatic carbocycles. The Bertz CT molecular complexity index is 425. The van der Waals surface area contributed by atoms with E-state index in [9.17, 15) is 4.39 Å². The molecular weight excluding hydrogens is 253 g/mol. The van der Waals surface area contributed by atoms with Crippen LogP contribution in [0.5, 0.6) is 0 Å². The van der Waals surface area contributed by atoms with E-state index in [0.29, 0.717) is 16.5 Å². The fourth-order valence-corrected chi connectivity index (χ4v) is 2.68. The molecule has 3 atom stereocenters. The summed E-state index contributed by atoms with van der Waals surface area (Å²) < 4.78 is 13.9. The van der Waals surface area contributed by atoms with Crippen LogP contribution in [-0.4, -0.2) is 6.17 Å². The summed E-state index contributed by atoms with van der Waals surface area (Å²) in [6.07, 6.45) is 0.758. The minimum Gasteiger partial charge on any atom is -0.315 e. The molecule has 0 aromatic heterocycles. The molecule has 0 bridgehead atoms. The predicted molar refractivity (Wildman–Crippen MR) is 71.3 cm³/mol. The van der Waals surface area contributed by atoms with Gasteiger partial charge in [-0.25, -0.2) is 15.2 Å². The van der Waals surface area contributed by atoms with Gasteiger partial charge in [-0.1, -0.05) is 25.4 Å². The van der Waals surface area contributed by atoms with Crippen molar-refractivity contribution in [3.63, 3.8) is 0 Å². The number of benzene rings is 1. The Morgan fingerprint density at radius 1 is 1.39 bits per heavy atom. The lowest BCUT2D eigenvalue weighted by molar-refractivity contribution is 0.339. The van der Waals surface area contributed by atoms with Gasteiger partial charge in [0.25, 0.3) is 0 Å². The summed E-state index contributed by atoms with van der Waals surface area (Å²) >= 11 is 5.94. The Balaban J connectivity index is 2.28. The van der Waals surface area contributed by atoms with Crippen LogP contribution < -0.4 is 16.6 Å². The summed E-state index contributed by atoms with van der Waals surface area (Å²) in [6.45, 7) is 4.27. The summed E-state index contributed by atoms with van der Waals surface area (Å²) in [7, 11) is 0. The molecule has 3 unspecified atom stereocenters. The third kappa shape index (κ3) is 2.83. The molecule has 1 aliphatic heterocycles. The van der Waals surface area contributed by atoms with Crippen LogP contribution in [0.15, 0.2) is 18.2 Å². The normalized spacial score (nSPS) is 28.0. The average molecular weight is 272 g/mol. The average Bonchev–Trinajstić information content (AvgIpc) is 2.64. The van der Waals surface area contributed by atoms with Crippen molar-refractivity contribution < 1.29 is 4.39 Å². The molecule has 3 nitrogen and oxygen atoms in total. The Hall–Kier alpha value is -0.680. The lowest BCUT2D eigenvalue weighted by atomic mass is 9.86. The van der Waals surface area contributed by atoms with Gasteiger partial charge in [-0.3, -0.25) is 0 Å². The van der Waals surface area contributed by atoms with Crippen molar-refractivity contribution in [2.24, 2.45) is 17.6 Å². The second-order valence-electron chi connectivity index (χ2n) is 5.25. The van der Waals surface area contributed by atoms with Crippen molar-refractivity contribution in [3.8, 4) is 0 Å². The number of hydrazine groups is 1.